The Bertz CT molecular complexity index is 781. The molecule has 0 aromatic heterocycles. The normalized spacial score (nSPS) is 19.5. The van der Waals surface area contributed by atoms with Gasteiger partial charge in [-0.15, -0.1) is 0 Å². The van der Waals surface area contributed by atoms with Crippen LogP contribution in [0, 0.1) is 0 Å². The highest BCUT2D eigenvalue weighted by Crippen LogP contribution is 2.27. The molecule has 1 N–H and O–H groups in total. The van der Waals surface area contributed by atoms with Gasteiger partial charge in [-0.25, -0.2) is 12.7 Å². The first-order chi connectivity index (χ1) is 13.4. The molecule has 2 fully saturated rings. The number of carbonyl (C=O) groups is 1. The lowest BCUT2D eigenvalue weighted by Gasteiger charge is -2.31. The Morgan fingerprint density at radius 2 is 1.75 bits per heavy atom. The second-order valence-corrected chi connectivity index (χ2v) is 9.88. The third-order valence-electron chi connectivity index (χ3n) is 5.53. The number of anilines is 1. The van der Waals surface area contributed by atoms with Crippen molar-refractivity contribution in [1.29, 1.82) is 0 Å². The van der Waals surface area contributed by atoms with Gasteiger partial charge in [0.05, 0.1) is 23.7 Å². The summed E-state index contributed by atoms with van der Waals surface area (Å²) in [5.41, 5.74) is 1.20. The molecule has 0 atom stereocenters. The molecule has 1 amide bonds. The van der Waals surface area contributed by atoms with E-state index >= 15 is 0 Å². The van der Waals surface area contributed by atoms with Crippen LogP contribution in [0.25, 0.3) is 0 Å². The molecule has 1 aliphatic heterocycles. The Hall–Kier alpha value is -1.64. The summed E-state index contributed by atoms with van der Waals surface area (Å²) in [5.74, 6) is -0.191. The molecule has 1 saturated heterocycles. The summed E-state index contributed by atoms with van der Waals surface area (Å²) in [6.07, 6.45) is 6.62. The average Bonchev–Trinajstić information content (AvgIpc) is 2.96. The minimum absolute atomic E-state index is 0.139. The standard InChI is InChI=1S/C20H31N3O4S/c1-22(2)28(25,26)17-9-10-19(23-11-13-27-14-12-23)18(15-17)20(24)21-16-7-5-3-4-6-8-16/h9-10,15-16H,3-8,11-14H2,1-2H3,(H,21,24). The van der Waals surface area contributed by atoms with E-state index in [1.54, 1.807) is 12.1 Å². The fourth-order valence-corrected chi connectivity index (χ4v) is 4.76. The van der Waals surface area contributed by atoms with E-state index in [0.29, 0.717) is 31.9 Å². The molecule has 1 aliphatic carbocycles. The Labute approximate surface area is 168 Å². The predicted octanol–water partition coefficient (Wildman–Crippen LogP) is 2.23. The molecule has 3 rings (SSSR count). The number of benzene rings is 1. The van der Waals surface area contributed by atoms with E-state index in [1.165, 1.54) is 37.3 Å². The summed E-state index contributed by atoms with van der Waals surface area (Å²) in [6, 6.07) is 5.01. The van der Waals surface area contributed by atoms with Gasteiger partial charge in [0.15, 0.2) is 0 Å². The van der Waals surface area contributed by atoms with E-state index in [-0.39, 0.29) is 16.8 Å². The van der Waals surface area contributed by atoms with Crippen LogP contribution in [0.2, 0.25) is 0 Å². The summed E-state index contributed by atoms with van der Waals surface area (Å²) >= 11 is 0. The molecule has 0 radical (unpaired) electrons. The zero-order valence-corrected chi connectivity index (χ0v) is 17.6. The summed E-state index contributed by atoms with van der Waals surface area (Å²) in [5, 5.41) is 3.16. The first-order valence-corrected chi connectivity index (χ1v) is 11.5. The molecule has 28 heavy (non-hydrogen) atoms. The van der Waals surface area contributed by atoms with E-state index in [4.69, 9.17) is 4.74 Å². The summed E-state index contributed by atoms with van der Waals surface area (Å²) in [7, 11) is -0.616. The highest BCUT2D eigenvalue weighted by molar-refractivity contribution is 7.89. The summed E-state index contributed by atoms with van der Waals surface area (Å²) in [6.45, 7) is 2.57. The lowest BCUT2D eigenvalue weighted by molar-refractivity contribution is 0.0931. The Morgan fingerprint density at radius 1 is 1.11 bits per heavy atom. The second kappa shape index (κ2) is 9.24. The van der Waals surface area contributed by atoms with Crippen LogP contribution < -0.4 is 10.2 Å². The van der Waals surface area contributed by atoms with Crippen LogP contribution in [0.5, 0.6) is 0 Å². The van der Waals surface area contributed by atoms with Crippen LogP contribution in [0.3, 0.4) is 0 Å². The van der Waals surface area contributed by atoms with E-state index in [2.05, 4.69) is 10.2 Å². The minimum Gasteiger partial charge on any atom is -0.378 e. The third-order valence-corrected chi connectivity index (χ3v) is 7.34. The van der Waals surface area contributed by atoms with Crippen molar-refractivity contribution in [3.8, 4) is 0 Å². The van der Waals surface area contributed by atoms with E-state index in [1.807, 2.05) is 0 Å². The lowest BCUT2D eigenvalue weighted by Crippen LogP contribution is -2.39. The fourth-order valence-electron chi connectivity index (χ4n) is 3.84. The molecule has 8 heteroatoms. The molecular formula is C20H31N3O4S. The van der Waals surface area contributed by atoms with Gasteiger partial charge in [0.1, 0.15) is 0 Å². The van der Waals surface area contributed by atoms with Crippen molar-refractivity contribution >= 4 is 21.6 Å². The number of ether oxygens (including phenoxy) is 1. The van der Waals surface area contributed by atoms with Crippen molar-refractivity contribution in [2.75, 3.05) is 45.3 Å². The van der Waals surface area contributed by atoms with E-state index in [0.717, 1.165) is 31.4 Å². The molecule has 0 spiro atoms. The number of nitrogens with one attached hydrogen (secondary N) is 1. The number of carbonyl (C=O) groups excluding carboxylic acids is 1. The molecule has 0 unspecified atom stereocenters. The first kappa shape index (κ1) is 21.1. The van der Waals surface area contributed by atoms with Gasteiger partial charge in [-0.1, -0.05) is 25.7 Å². The van der Waals surface area contributed by atoms with Gasteiger partial charge in [-0.2, -0.15) is 0 Å². The molecule has 2 aliphatic rings. The van der Waals surface area contributed by atoms with Crippen molar-refractivity contribution in [1.82, 2.24) is 9.62 Å². The number of sulfonamides is 1. The van der Waals surface area contributed by atoms with Gasteiger partial charge in [-0.3, -0.25) is 4.79 Å². The average molecular weight is 410 g/mol. The quantitative estimate of drug-likeness (QED) is 0.755. The summed E-state index contributed by atoms with van der Waals surface area (Å²) in [4.78, 5) is 15.4. The zero-order valence-electron chi connectivity index (χ0n) is 16.8. The van der Waals surface area contributed by atoms with Gasteiger partial charge in [0, 0.05) is 38.9 Å². The number of rotatable bonds is 5. The maximum absolute atomic E-state index is 13.2. The smallest absolute Gasteiger partial charge is 0.253 e. The predicted molar refractivity (Wildman–Crippen MR) is 109 cm³/mol. The highest BCUT2D eigenvalue weighted by atomic mass is 32.2. The number of morpholine rings is 1. The van der Waals surface area contributed by atoms with Crippen molar-refractivity contribution in [3.63, 3.8) is 0 Å². The SMILES string of the molecule is CN(C)S(=O)(=O)c1ccc(N2CCOCC2)c(C(=O)NC2CCCCCC2)c1. The first-order valence-electron chi connectivity index (χ1n) is 10.1. The Balaban J connectivity index is 1.92. The Morgan fingerprint density at radius 3 is 2.36 bits per heavy atom. The van der Waals surface area contributed by atoms with Crippen molar-refractivity contribution in [3.05, 3.63) is 23.8 Å². The van der Waals surface area contributed by atoms with Gasteiger partial charge in [0.25, 0.3) is 5.91 Å². The van der Waals surface area contributed by atoms with Crippen LogP contribution in [-0.4, -0.2) is 65.1 Å². The minimum atomic E-state index is -3.61. The largest absolute Gasteiger partial charge is 0.378 e. The molecule has 156 valence electrons. The maximum atomic E-state index is 13.2. The van der Waals surface area contributed by atoms with Gasteiger partial charge < -0.3 is 15.0 Å². The number of amides is 1. The molecule has 0 bridgehead atoms. The van der Waals surface area contributed by atoms with Crippen LogP contribution in [0.15, 0.2) is 23.1 Å². The molecular weight excluding hydrogens is 378 g/mol. The lowest BCUT2D eigenvalue weighted by atomic mass is 10.1. The van der Waals surface area contributed by atoms with Crippen molar-refractivity contribution in [2.24, 2.45) is 0 Å². The van der Waals surface area contributed by atoms with Crippen LogP contribution in [0.1, 0.15) is 48.9 Å². The van der Waals surface area contributed by atoms with Crippen LogP contribution >= 0.6 is 0 Å². The highest BCUT2D eigenvalue weighted by Gasteiger charge is 2.25. The second-order valence-electron chi connectivity index (χ2n) is 7.73. The van der Waals surface area contributed by atoms with Crippen molar-refractivity contribution < 1.29 is 17.9 Å². The van der Waals surface area contributed by atoms with Crippen LogP contribution in [0.4, 0.5) is 5.69 Å². The topological polar surface area (TPSA) is 79.0 Å². The van der Waals surface area contributed by atoms with E-state index in [9.17, 15) is 13.2 Å². The molecule has 1 aromatic carbocycles. The number of hydrogen-bond acceptors (Lipinski definition) is 5. The van der Waals surface area contributed by atoms with Gasteiger partial charge >= 0.3 is 0 Å². The molecule has 7 nitrogen and oxygen atoms in total. The third kappa shape index (κ3) is 4.85. The number of nitrogens with zero attached hydrogens (tertiary/aromatic N) is 2. The molecule has 1 saturated carbocycles. The number of hydrogen-bond donors (Lipinski definition) is 1. The van der Waals surface area contributed by atoms with Crippen LogP contribution in [-0.2, 0) is 14.8 Å². The zero-order chi connectivity index (χ0) is 20.1. The molecule has 1 aromatic rings. The van der Waals surface area contributed by atoms with Gasteiger partial charge in [0.2, 0.25) is 10.0 Å². The fraction of sp³-hybridized carbons (Fsp3) is 0.650. The van der Waals surface area contributed by atoms with Crippen molar-refractivity contribution in [2.45, 2.75) is 49.5 Å². The Kier molecular flexibility index (Phi) is 6.95. The molecule has 1 heterocycles. The summed E-state index contributed by atoms with van der Waals surface area (Å²) < 4.78 is 31.8. The van der Waals surface area contributed by atoms with E-state index < -0.39 is 10.0 Å². The maximum Gasteiger partial charge on any atom is 0.253 e. The van der Waals surface area contributed by atoms with Gasteiger partial charge in [-0.05, 0) is 31.0 Å². The monoisotopic (exact) mass is 409 g/mol.